The Labute approximate surface area is 197 Å². The van der Waals surface area contributed by atoms with Gasteiger partial charge in [-0.1, -0.05) is 48.5 Å². The molecule has 0 radical (unpaired) electrons. The smallest absolute Gasteiger partial charge is 0.262 e. The van der Waals surface area contributed by atoms with Gasteiger partial charge >= 0.3 is 0 Å². The van der Waals surface area contributed by atoms with Crippen LogP contribution in [0.25, 0.3) is 6.08 Å². The molecule has 0 aliphatic heterocycles. The zero-order valence-corrected chi connectivity index (χ0v) is 18.6. The van der Waals surface area contributed by atoms with Crippen LogP contribution < -0.4 is 25.4 Å². The lowest BCUT2D eigenvalue weighted by molar-refractivity contribution is -0.121. The highest BCUT2D eigenvalue weighted by Crippen LogP contribution is 2.25. The molecule has 3 N–H and O–H groups in total. The summed E-state index contributed by atoms with van der Waals surface area (Å²) in [5, 5.41) is 7.92. The van der Waals surface area contributed by atoms with Crippen LogP contribution in [0, 0.1) is 0 Å². The van der Waals surface area contributed by atoms with Crippen LogP contribution in [0.2, 0.25) is 0 Å². The van der Waals surface area contributed by atoms with Gasteiger partial charge < -0.3 is 25.4 Å². The van der Waals surface area contributed by atoms with E-state index in [0.29, 0.717) is 22.9 Å². The number of carbonyl (C=O) groups excluding carboxylic acids is 3. The van der Waals surface area contributed by atoms with E-state index in [9.17, 15) is 14.4 Å². The topological polar surface area (TPSA) is 106 Å². The second kappa shape index (κ2) is 12.4. The Morgan fingerprint density at radius 3 is 2.15 bits per heavy atom. The molecule has 174 valence electrons. The van der Waals surface area contributed by atoms with Gasteiger partial charge in [-0.2, -0.15) is 0 Å². The molecule has 8 nitrogen and oxygen atoms in total. The van der Waals surface area contributed by atoms with E-state index in [-0.39, 0.29) is 25.0 Å². The third-order valence-corrected chi connectivity index (χ3v) is 4.51. The first-order chi connectivity index (χ1) is 16.5. The van der Waals surface area contributed by atoms with Crippen LogP contribution in [0.4, 0.5) is 11.4 Å². The van der Waals surface area contributed by atoms with Gasteiger partial charge in [0.25, 0.3) is 5.91 Å². The number of hydrogen-bond donors (Lipinski definition) is 3. The van der Waals surface area contributed by atoms with Crippen LogP contribution in [0.3, 0.4) is 0 Å². The maximum atomic E-state index is 12.2. The van der Waals surface area contributed by atoms with E-state index >= 15 is 0 Å². The van der Waals surface area contributed by atoms with Crippen LogP contribution in [0.5, 0.6) is 11.5 Å². The fourth-order valence-electron chi connectivity index (χ4n) is 2.92. The van der Waals surface area contributed by atoms with Crippen molar-refractivity contribution < 1.29 is 23.9 Å². The van der Waals surface area contributed by atoms with Gasteiger partial charge in [0.05, 0.1) is 13.7 Å². The van der Waals surface area contributed by atoms with Gasteiger partial charge in [0.15, 0.2) is 18.1 Å². The molecule has 0 aromatic heterocycles. The molecule has 0 unspecified atom stereocenters. The SMILES string of the molecule is COc1ccccc1OCC(=O)Nc1cccc(NC(=O)CNC(=O)/C=C/c2ccccc2)c1. The van der Waals surface area contributed by atoms with E-state index in [0.717, 1.165) is 5.56 Å². The van der Waals surface area contributed by atoms with Crippen molar-refractivity contribution in [3.63, 3.8) is 0 Å². The molecule has 3 aromatic rings. The Bertz CT molecular complexity index is 1160. The Balaban J connectivity index is 1.45. The number of methoxy groups -OCH3 is 1. The van der Waals surface area contributed by atoms with Crippen LogP contribution in [0.15, 0.2) is 84.9 Å². The zero-order valence-electron chi connectivity index (χ0n) is 18.6. The molecule has 0 spiro atoms. The third kappa shape index (κ3) is 7.83. The molecular formula is C26H25N3O5. The predicted molar refractivity (Wildman–Crippen MR) is 131 cm³/mol. The minimum Gasteiger partial charge on any atom is -0.493 e. The number of nitrogens with one attached hydrogen (secondary N) is 3. The Morgan fingerprint density at radius 1 is 0.794 bits per heavy atom. The van der Waals surface area contributed by atoms with E-state index in [2.05, 4.69) is 16.0 Å². The van der Waals surface area contributed by atoms with Gasteiger partial charge in [0.2, 0.25) is 11.8 Å². The van der Waals surface area contributed by atoms with Crippen LogP contribution >= 0.6 is 0 Å². The van der Waals surface area contributed by atoms with Crippen LogP contribution in [0.1, 0.15) is 5.56 Å². The van der Waals surface area contributed by atoms with Crippen molar-refractivity contribution in [2.45, 2.75) is 0 Å². The maximum Gasteiger partial charge on any atom is 0.262 e. The quantitative estimate of drug-likeness (QED) is 0.403. The largest absolute Gasteiger partial charge is 0.493 e. The van der Waals surface area contributed by atoms with E-state index in [4.69, 9.17) is 9.47 Å². The number of anilines is 2. The second-order valence-corrected chi connectivity index (χ2v) is 7.08. The summed E-state index contributed by atoms with van der Waals surface area (Å²) < 4.78 is 10.7. The number of para-hydroxylation sites is 2. The van der Waals surface area contributed by atoms with Gasteiger partial charge in [-0.25, -0.2) is 0 Å². The Morgan fingerprint density at radius 2 is 1.44 bits per heavy atom. The predicted octanol–water partition coefficient (Wildman–Crippen LogP) is 3.48. The molecule has 0 aliphatic rings. The Hall–Kier alpha value is -4.59. The van der Waals surface area contributed by atoms with Crippen molar-refractivity contribution in [3.8, 4) is 11.5 Å². The molecule has 3 amide bonds. The fourth-order valence-corrected chi connectivity index (χ4v) is 2.92. The van der Waals surface area contributed by atoms with Gasteiger partial charge in [0, 0.05) is 17.5 Å². The Kier molecular flexibility index (Phi) is 8.81. The summed E-state index contributed by atoms with van der Waals surface area (Å²) in [6, 6.07) is 23.1. The fraction of sp³-hybridized carbons (Fsp3) is 0.115. The summed E-state index contributed by atoms with van der Waals surface area (Å²) >= 11 is 0. The first-order valence-electron chi connectivity index (χ1n) is 10.5. The third-order valence-electron chi connectivity index (χ3n) is 4.51. The average molecular weight is 460 g/mol. The summed E-state index contributed by atoms with van der Waals surface area (Å²) in [5.41, 5.74) is 1.85. The minimum absolute atomic E-state index is 0.193. The van der Waals surface area contributed by atoms with Crippen molar-refractivity contribution in [2.75, 3.05) is 30.9 Å². The van der Waals surface area contributed by atoms with Crippen molar-refractivity contribution in [1.82, 2.24) is 5.32 Å². The zero-order chi connectivity index (χ0) is 24.2. The van der Waals surface area contributed by atoms with Gasteiger partial charge in [0.1, 0.15) is 0 Å². The van der Waals surface area contributed by atoms with Crippen LogP contribution in [-0.4, -0.2) is 38.0 Å². The first-order valence-corrected chi connectivity index (χ1v) is 10.5. The highest BCUT2D eigenvalue weighted by molar-refractivity contribution is 5.98. The number of ether oxygens (including phenoxy) is 2. The second-order valence-electron chi connectivity index (χ2n) is 7.08. The van der Waals surface area contributed by atoms with Crippen molar-refractivity contribution in [1.29, 1.82) is 0 Å². The molecule has 0 atom stereocenters. The van der Waals surface area contributed by atoms with Crippen LogP contribution in [-0.2, 0) is 14.4 Å². The van der Waals surface area contributed by atoms with Crippen molar-refractivity contribution in [3.05, 3.63) is 90.5 Å². The summed E-state index contributed by atoms with van der Waals surface area (Å²) in [7, 11) is 1.52. The number of hydrogen-bond acceptors (Lipinski definition) is 5. The standard InChI is InChI=1S/C26H25N3O5/c1-33-22-12-5-6-13-23(22)34-18-26(32)29-21-11-7-10-20(16-21)28-25(31)17-27-24(30)15-14-19-8-3-2-4-9-19/h2-16H,17-18H2,1H3,(H,27,30)(H,28,31)(H,29,32)/b15-14+. The maximum absolute atomic E-state index is 12.2. The molecule has 3 rings (SSSR count). The van der Waals surface area contributed by atoms with E-state index < -0.39 is 5.91 Å². The summed E-state index contributed by atoms with van der Waals surface area (Å²) in [5.74, 6) is -0.157. The number of carbonyl (C=O) groups is 3. The molecule has 0 aliphatic carbocycles. The molecule has 0 fully saturated rings. The molecule has 8 heteroatoms. The lowest BCUT2D eigenvalue weighted by Crippen LogP contribution is -2.31. The first kappa shape index (κ1) is 24.1. The van der Waals surface area contributed by atoms with E-state index in [1.165, 1.54) is 13.2 Å². The summed E-state index contributed by atoms with van der Waals surface area (Å²) in [6.07, 6.45) is 3.03. The monoisotopic (exact) mass is 459 g/mol. The van der Waals surface area contributed by atoms with E-state index in [1.54, 1.807) is 54.6 Å². The molecule has 34 heavy (non-hydrogen) atoms. The minimum atomic E-state index is -0.399. The summed E-state index contributed by atoms with van der Waals surface area (Å²) in [4.78, 5) is 36.3. The molecule has 0 saturated heterocycles. The summed E-state index contributed by atoms with van der Waals surface area (Å²) in [6.45, 7) is -0.402. The molecule has 0 bridgehead atoms. The lowest BCUT2D eigenvalue weighted by Gasteiger charge is -2.11. The van der Waals surface area contributed by atoms with E-state index in [1.807, 2.05) is 30.3 Å². The normalized spacial score (nSPS) is 10.4. The van der Waals surface area contributed by atoms with Gasteiger partial charge in [-0.15, -0.1) is 0 Å². The van der Waals surface area contributed by atoms with Gasteiger partial charge in [-0.05, 0) is 42.0 Å². The highest BCUT2D eigenvalue weighted by atomic mass is 16.5. The highest BCUT2D eigenvalue weighted by Gasteiger charge is 2.09. The van der Waals surface area contributed by atoms with Crippen molar-refractivity contribution in [2.24, 2.45) is 0 Å². The van der Waals surface area contributed by atoms with Crippen molar-refractivity contribution >= 4 is 35.2 Å². The average Bonchev–Trinajstić information content (AvgIpc) is 2.86. The number of rotatable bonds is 10. The lowest BCUT2D eigenvalue weighted by atomic mass is 10.2. The number of benzene rings is 3. The molecule has 3 aromatic carbocycles. The van der Waals surface area contributed by atoms with Gasteiger partial charge in [-0.3, -0.25) is 14.4 Å². The molecule has 0 saturated carbocycles. The molecular weight excluding hydrogens is 434 g/mol. The molecule has 0 heterocycles. The number of amides is 3.